The number of methoxy groups -OCH3 is 1. The molecule has 1 fully saturated rings. The van der Waals surface area contributed by atoms with Gasteiger partial charge in [0.2, 0.25) is 11.7 Å². The van der Waals surface area contributed by atoms with Crippen molar-refractivity contribution in [1.82, 2.24) is 15.0 Å². The molecule has 1 aliphatic heterocycles. The molecule has 1 saturated heterocycles. The van der Waals surface area contributed by atoms with Crippen molar-refractivity contribution in [3.05, 3.63) is 60.2 Å². The monoisotopic (exact) mass is 396 g/mol. The second kappa shape index (κ2) is 8.30. The number of halogens is 1. The van der Waals surface area contributed by atoms with Crippen LogP contribution in [0.5, 0.6) is 5.75 Å². The van der Waals surface area contributed by atoms with Gasteiger partial charge in [0.15, 0.2) is 0 Å². The van der Waals surface area contributed by atoms with Crippen LogP contribution < -0.4 is 10.1 Å². The predicted octanol–water partition coefficient (Wildman–Crippen LogP) is 4.30. The number of urea groups is 1. The Morgan fingerprint density at radius 2 is 1.97 bits per heavy atom. The SMILES string of the molecule is COc1ccc(-c2noc(C3CCCN(C(=O)Nc4ccc(F)cc4)C3)n2)cc1. The molecular formula is C21H21FN4O3. The number of benzene rings is 2. The fourth-order valence-electron chi connectivity index (χ4n) is 3.36. The summed E-state index contributed by atoms with van der Waals surface area (Å²) >= 11 is 0. The van der Waals surface area contributed by atoms with E-state index in [-0.39, 0.29) is 17.8 Å². The molecule has 0 saturated carbocycles. The van der Waals surface area contributed by atoms with Gasteiger partial charge in [-0.05, 0) is 61.4 Å². The summed E-state index contributed by atoms with van der Waals surface area (Å²) in [7, 11) is 1.61. The third-order valence-electron chi connectivity index (χ3n) is 4.94. The Hall–Kier alpha value is -3.42. The van der Waals surface area contributed by atoms with E-state index in [1.807, 2.05) is 24.3 Å². The Kier molecular flexibility index (Phi) is 5.41. The largest absolute Gasteiger partial charge is 0.497 e. The molecule has 1 atom stereocenters. The molecule has 0 aliphatic carbocycles. The zero-order chi connectivity index (χ0) is 20.2. The van der Waals surface area contributed by atoms with Crippen LogP contribution in [-0.4, -0.2) is 41.3 Å². The van der Waals surface area contributed by atoms with E-state index >= 15 is 0 Å². The molecule has 0 bridgehead atoms. The summed E-state index contributed by atoms with van der Waals surface area (Å²) in [4.78, 5) is 18.8. The average Bonchev–Trinajstić information content (AvgIpc) is 3.26. The molecule has 8 heteroatoms. The molecule has 1 unspecified atom stereocenters. The number of hydrogen-bond acceptors (Lipinski definition) is 5. The van der Waals surface area contributed by atoms with E-state index < -0.39 is 0 Å². The van der Waals surface area contributed by atoms with Crippen molar-refractivity contribution in [2.24, 2.45) is 0 Å². The van der Waals surface area contributed by atoms with E-state index in [1.54, 1.807) is 12.0 Å². The van der Waals surface area contributed by atoms with E-state index in [0.29, 0.717) is 30.5 Å². The number of anilines is 1. The van der Waals surface area contributed by atoms with Crippen LogP contribution in [0.25, 0.3) is 11.4 Å². The normalized spacial score (nSPS) is 16.5. The van der Waals surface area contributed by atoms with E-state index in [2.05, 4.69) is 15.5 Å². The minimum atomic E-state index is -0.343. The highest BCUT2D eigenvalue weighted by molar-refractivity contribution is 5.89. The molecule has 29 heavy (non-hydrogen) atoms. The van der Waals surface area contributed by atoms with E-state index in [1.165, 1.54) is 24.3 Å². The molecule has 2 aromatic carbocycles. The van der Waals surface area contributed by atoms with Crippen LogP contribution in [-0.2, 0) is 0 Å². The van der Waals surface area contributed by atoms with Gasteiger partial charge in [0.1, 0.15) is 11.6 Å². The molecule has 1 aliphatic rings. The van der Waals surface area contributed by atoms with Gasteiger partial charge in [-0.2, -0.15) is 4.98 Å². The van der Waals surface area contributed by atoms with Crippen molar-refractivity contribution in [3.8, 4) is 17.1 Å². The van der Waals surface area contributed by atoms with Crippen LogP contribution in [0.2, 0.25) is 0 Å². The summed E-state index contributed by atoms with van der Waals surface area (Å²) < 4.78 is 23.7. The number of likely N-dealkylation sites (tertiary alicyclic amines) is 1. The first-order valence-corrected chi connectivity index (χ1v) is 9.42. The van der Waals surface area contributed by atoms with Crippen LogP contribution in [0.3, 0.4) is 0 Å². The van der Waals surface area contributed by atoms with Gasteiger partial charge in [0, 0.05) is 24.3 Å². The minimum Gasteiger partial charge on any atom is -0.497 e. The maximum absolute atomic E-state index is 13.0. The molecule has 0 radical (unpaired) electrons. The molecular weight excluding hydrogens is 375 g/mol. The Balaban J connectivity index is 1.42. The van der Waals surface area contributed by atoms with Gasteiger partial charge in [-0.25, -0.2) is 9.18 Å². The van der Waals surface area contributed by atoms with Gasteiger partial charge >= 0.3 is 6.03 Å². The standard InChI is InChI=1S/C21H21FN4O3/c1-28-18-10-4-14(5-11-18)19-24-20(29-25-19)15-3-2-12-26(13-15)21(27)23-17-8-6-16(22)7-9-17/h4-11,15H,2-3,12-13H2,1H3,(H,23,27). The molecule has 150 valence electrons. The predicted molar refractivity (Wildman–Crippen MR) is 105 cm³/mol. The Bertz CT molecular complexity index is 972. The van der Waals surface area contributed by atoms with Gasteiger partial charge in [-0.3, -0.25) is 0 Å². The van der Waals surface area contributed by atoms with Crippen molar-refractivity contribution in [2.75, 3.05) is 25.5 Å². The molecule has 0 spiro atoms. The topological polar surface area (TPSA) is 80.5 Å². The number of nitrogens with zero attached hydrogens (tertiary/aromatic N) is 3. The number of carbonyl (C=O) groups is 1. The number of rotatable bonds is 4. The molecule has 3 aromatic rings. The maximum atomic E-state index is 13.0. The number of ether oxygens (including phenoxy) is 1. The Morgan fingerprint density at radius 1 is 1.21 bits per heavy atom. The van der Waals surface area contributed by atoms with Crippen molar-refractivity contribution >= 4 is 11.7 Å². The number of hydrogen-bond donors (Lipinski definition) is 1. The number of carbonyl (C=O) groups excluding carboxylic acids is 1. The highest BCUT2D eigenvalue weighted by Crippen LogP contribution is 2.28. The van der Waals surface area contributed by atoms with Crippen molar-refractivity contribution in [1.29, 1.82) is 0 Å². The first kappa shape index (κ1) is 18.9. The van der Waals surface area contributed by atoms with Crippen LogP contribution >= 0.6 is 0 Å². The number of aromatic nitrogens is 2. The Labute approximate surface area is 167 Å². The summed E-state index contributed by atoms with van der Waals surface area (Å²) in [6.45, 7) is 1.13. The van der Waals surface area contributed by atoms with Crippen LogP contribution in [0.1, 0.15) is 24.7 Å². The average molecular weight is 396 g/mol. The summed E-state index contributed by atoms with van der Waals surface area (Å²) in [5, 5.41) is 6.88. The summed E-state index contributed by atoms with van der Waals surface area (Å²) in [5.41, 5.74) is 1.39. The van der Waals surface area contributed by atoms with Crippen LogP contribution in [0.4, 0.5) is 14.9 Å². The number of nitrogens with one attached hydrogen (secondary N) is 1. The third-order valence-corrected chi connectivity index (χ3v) is 4.94. The highest BCUT2D eigenvalue weighted by Gasteiger charge is 2.28. The van der Waals surface area contributed by atoms with Gasteiger partial charge in [-0.15, -0.1) is 0 Å². The zero-order valence-corrected chi connectivity index (χ0v) is 16.0. The van der Waals surface area contributed by atoms with Gasteiger partial charge in [0.05, 0.1) is 13.0 Å². The second-order valence-electron chi connectivity index (χ2n) is 6.91. The lowest BCUT2D eigenvalue weighted by Crippen LogP contribution is -2.41. The van der Waals surface area contributed by atoms with Gasteiger partial charge in [-0.1, -0.05) is 5.16 Å². The molecule has 1 N–H and O–H groups in total. The van der Waals surface area contributed by atoms with E-state index in [4.69, 9.17) is 9.26 Å². The van der Waals surface area contributed by atoms with Crippen molar-refractivity contribution in [3.63, 3.8) is 0 Å². The van der Waals surface area contributed by atoms with E-state index in [9.17, 15) is 9.18 Å². The Morgan fingerprint density at radius 3 is 2.69 bits per heavy atom. The maximum Gasteiger partial charge on any atom is 0.321 e. The molecule has 7 nitrogen and oxygen atoms in total. The first-order chi connectivity index (χ1) is 14.1. The van der Waals surface area contributed by atoms with Crippen LogP contribution in [0, 0.1) is 5.82 Å². The second-order valence-corrected chi connectivity index (χ2v) is 6.91. The fraction of sp³-hybridized carbons (Fsp3) is 0.286. The summed E-state index contributed by atoms with van der Waals surface area (Å²) in [6, 6.07) is 12.9. The molecule has 4 rings (SSSR count). The number of amides is 2. The van der Waals surface area contributed by atoms with Crippen molar-refractivity contribution in [2.45, 2.75) is 18.8 Å². The summed E-state index contributed by atoms with van der Waals surface area (Å²) in [5.74, 6) is 1.42. The van der Waals surface area contributed by atoms with E-state index in [0.717, 1.165) is 24.2 Å². The number of piperidine rings is 1. The first-order valence-electron chi connectivity index (χ1n) is 9.42. The molecule has 2 heterocycles. The molecule has 1 aromatic heterocycles. The smallest absolute Gasteiger partial charge is 0.321 e. The van der Waals surface area contributed by atoms with Gasteiger partial charge < -0.3 is 19.5 Å². The zero-order valence-electron chi connectivity index (χ0n) is 16.0. The molecule has 2 amide bonds. The summed E-state index contributed by atoms with van der Waals surface area (Å²) in [6.07, 6.45) is 1.70. The lowest BCUT2D eigenvalue weighted by molar-refractivity contribution is 0.184. The lowest BCUT2D eigenvalue weighted by atomic mass is 9.98. The third kappa shape index (κ3) is 4.37. The highest BCUT2D eigenvalue weighted by atomic mass is 19.1. The van der Waals surface area contributed by atoms with Gasteiger partial charge in [0.25, 0.3) is 0 Å². The van der Waals surface area contributed by atoms with Crippen LogP contribution in [0.15, 0.2) is 53.1 Å². The van der Waals surface area contributed by atoms with Crippen molar-refractivity contribution < 1.29 is 18.4 Å². The lowest BCUT2D eigenvalue weighted by Gasteiger charge is -2.31. The fourth-order valence-corrected chi connectivity index (χ4v) is 3.36. The minimum absolute atomic E-state index is 0.0257. The quantitative estimate of drug-likeness (QED) is 0.711.